The summed E-state index contributed by atoms with van der Waals surface area (Å²) in [6.45, 7) is 7.93. The van der Waals surface area contributed by atoms with Gasteiger partial charge in [0.25, 0.3) is 11.8 Å². The molecule has 1 fully saturated rings. The van der Waals surface area contributed by atoms with Crippen LogP contribution in [0.4, 0.5) is 4.39 Å². The van der Waals surface area contributed by atoms with Gasteiger partial charge in [0.2, 0.25) is 0 Å². The Kier molecular flexibility index (Phi) is 6.82. The van der Waals surface area contributed by atoms with Crippen molar-refractivity contribution in [2.24, 2.45) is 5.92 Å². The van der Waals surface area contributed by atoms with Gasteiger partial charge in [-0.05, 0) is 74.4 Å². The first kappa shape index (κ1) is 23.0. The Bertz CT molecular complexity index is 1040. The van der Waals surface area contributed by atoms with Crippen molar-refractivity contribution in [1.82, 2.24) is 9.80 Å². The van der Waals surface area contributed by atoms with Gasteiger partial charge in [0, 0.05) is 19.6 Å². The topological polar surface area (TPSA) is 49.9 Å². The van der Waals surface area contributed by atoms with Crippen LogP contribution in [0.5, 0.6) is 5.75 Å². The second-order valence-corrected chi connectivity index (χ2v) is 9.22. The first-order chi connectivity index (χ1) is 15.8. The molecule has 2 aliphatic rings. The van der Waals surface area contributed by atoms with Crippen LogP contribution >= 0.6 is 0 Å². The van der Waals surface area contributed by atoms with E-state index in [9.17, 15) is 14.0 Å². The van der Waals surface area contributed by atoms with Crippen molar-refractivity contribution in [3.63, 3.8) is 0 Å². The fourth-order valence-corrected chi connectivity index (χ4v) is 4.42. The highest BCUT2D eigenvalue weighted by Gasteiger charge is 2.41. The molecule has 2 heterocycles. The standard InChI is InChI=1S/C27H31FN2O3/c1-18(2)33-23-10-6-21(7-11-23)24-25(29-15-12-19(3)13-16-29)27(32)30(26(24)31)17-14-20-4-8-22(28)9-5-20/h4-11,18-19H,12-17H2,1-3H3. The molecule has 0 radical (unpaired) electrons. The molecule has 0 atom stereocenters. The summed E-state index contributed by atoms with van der Waals surface area (Å²) in [5.74, 6) is 0.525. The summed E-state index contributed by atoms with van der Waals surface area (Å²) < 4.78 is 19.0. The number of carbonyl (C=O) groups is 2. The monoisotopic (exact) mass is 450 g/mol. The molecule has 6 heteroatoms. The van der Waals surface area contributed by atoms with Crippen LogP contribution in [0.1, 0.15) is 44.7 Å². The fourth-order valence-electron chi connectivity index (χ4n) is 4.42. The number of nitrogens with zero attached hydrogens (tertiary/aromatic N) is 2. The van der Waals surface area contributed by atoms with E-state index < -0.39 is 0 Å². The van der Waals surface area contributed by atoms with Crippen molar-refractivity contribution in [3.8, 4) is 5.75 Å². The Morgan fingerprint density at radius 1 is 0.970 bits per heavy atom. The van der Waals surface area contributed by atoms with E-state index in [2.05, 4.69) is 11.8 Å². The Morgan fingerprint density at radius 2 is 1.61 bits per heavy atom. The zero-order valence-corrected chi connectivity index (χ0v) is 19.5. The predicted molar refractivity (Wildman–Crippen MR) is 126 cm³/mol. The molecule has 1 saturated heterocycles. The number of imide groups is 1. The Balaban J connectivity index is 1.62. The van der Waals surface area contributed by atoms with Crippen LogP contribution in [0.15, 0.2) is 54.2 Å². The molecule has 5 nitrogen and oxygen atoms in total. The molecule has 0 N–H and O–H groups in total. The molecule has 2 aromatic carbocycles. The van der Waals surface area contributed by atoms with Crippen LogP contribution in [-0.2, 0) is 16.0 Å². The van der Waals surface area contributed by atoms with E-state index in [1.54, 1.807) is 12.1 Å². The van der Waals surface area contributed by atoms with Gasteiger partial charge in [0.1, 0.15) is 17.3 Å². The highest BCUT2D eigenvalue weighted by Crippen LogP contribution is 2.34. The van der Waals surface area contributed by atoms with Crippen LogP contribution in [0.2, 0.25) is 0 Å². The van der Waals surface area contributed by atoms with Gasteiger partial charge in [-0.2, -0.15) is 0 Å². The highest BCUT2D eigenvalue weighted by atomic mass is 19.1. The van der Waals surface area contributed by atoms with Gasteiger partial charge >= 0.3 is 0 Å². The zero-order chi connectivity index (χ0) is 23.5. The quantitative estimate of drug-likeness (QED) is 0.576. The predicted octanol–water partition coefficient (Wildman–Crippen LogP) is 4.67. The lowest BCUT2D eigenvalue weighted by Gasteiger charge is -2.32. The number of carbonyl (C=O) groups excluding carboxylic acids is 2. The molecule has 2 aliphatic heterocycles. The molecule has 0 bridgehead atoms. The minimum atomic E-state index is -0.303. The molecule has 4 rings (SSSR count). The summed E-state index contributed by atoms with van der Waals surface area (Å²) in [6, 6.07) is 13.6. The highest BCUT2D eigenvalue weighted by molar-refractivity contribution is 6.35. The fraction of sp³-hybridized carbons (Fsp3) is 0.407. The van der Waals surface area contributed by atoms with Crippen LogP contribution in [0, 0.1) is 11.7 Å². The third-order valence-electron chi connectivity index (χ3n) is 6.30. The molecule has 2 amide bonds. The lowest BCUT2D eigenvalue weighted by molar-refractivity contribution is -0.137. The first-order valence-corrected chi connectivity index (χ1v) is 11.7. The van der Waals surface area contributed by atoms with E-state index in [0.29, 0.717) is 23.6 Å². The molecule has 0 spiro atoms. The molecule has 0 aromatic heterocycles. The van der Waals surface area contributed by atoms with Gasteiger partial charge in [0.05, 0.1) is 11.7 Å². The Labute approximate surface area is 194 Å². The number of piperidine rings is 1. The number of likely N-dealkylation sites (tertiary alicyclic amines) is 1. The van der Waals surface area contributed by atoms with E-state index >= 15 is 0 Å². The SMILES string of the molecule is CC1CCN(C2=C(c3ccc(OC(C)C)cc3)C(=O)N(CCc3ccc(F)cc3)C2=O)CC1. The number of hydrogen-bond donors (Lipinski definition) is 0. The number of halogens is 1. The maximum Gasteiger partial charge on any atom is 0.277 e. The van der Waals surface area contributed by atoms with Crippen molar-refractivity contribution >= 4 is 17.4 Å². The van der Waals surface area contributed by atoms with Gasteiger partial charge in [-0.3, -0.25) is 14.5 Å². The zero-order valence-electron chi connectivity index (χ0n) is 19.5. The number of hydrogen-bond acceptors (Lipinski definition) is 4. The molecular formula is C27H31FN2O3. The van der Waals surface area contributed by atoms with Gasteiger partial charge in [-0.25, -0.2) is 4.39 Å². The van der Waals surface area contributed by atoms with Crippen LogP contribution in [0.3, 0.4) is 0 Å². The molecule has 0 saturated carbocycles. The largest absolute Gasteiger partial charge is 0.491 e. The molecular weight excluding hydrogens is 419 g/mol. The summed E-state index contributed by atoms with van der Waals surface area (Å²) >= 11 is 0. The minimum Gasteiger partial charge on any atom is -0.491 e. The molecule has 2 aromatic rings. The number of amides is 2. The van der Waals surface area contributed by atoms with Gasteiger partial charge in [-0.15, -0.1) is 0 Å². The van der Waals surface area contributed by atoms with E-state index in [4.69, 9.17) is 4.74 Å². The molecule has 0 unspecified atom stereocenters. The summed E-state index contributed by atoms with van der Waals surface area (Å²) in [4.78, 5) is 30.4. The first-order valence-electron chi connectivity index (χ1n) is 11.7. The minimum absolute atomic E-state index is 0.0533. The van der Waals surface area contributed by atoms with Crippen molar-refractivity contribution in [2.45, 2.75) is 46.1 Å². The summed E-state index contributed by atoms with van der Waals surface area (Å²) in [5, 5.41) is 0. The van der Waals surface area contributed by atoms with E-state index in [-0.39, 0.29) is 30.3 Å². The van der Waals surface area contributed by atoms with E-state index in [1.807, 2.05) is 38.1 Å². The van der Waals surface area contributed by atoms with Gasteiger partial charge in [-0.1, -0.05) is 31.2 Å². The molecule has 174 valence electrons. The average molecular weight is 451 g/mol. The number of ether oxygens (including phenoxy) is 1. The third kappa shape index (κ3) is 5.10. The normalized spacial score (nSPS) is 17.5. The maximum atomic E-state index is 13.5. The van der Waals surface area contributed by atoms with Crippen molar-refractivity contribution < 1.29 is 18.7 Å². The Hall–Kier alpha value is -3.15. The van der Waals surface area contributed by atoms with Gasteiger partial charge in [0.15, 0.2) is 0 Å². The van der Waals surface area contributed by atoms with Crippen LogP contribution in [-0.4, -0.2) is 47.4 Å². The average Bonchev–Trinajstić information content (AvgIpc) is 3.04. The van der Waals surface area contributed by atoms with Gasteiger partial charge < -0.3 is 9.64 Å². The lowest BCUT2D eigenvalue weighted by Crippen LogP contribution is -2.39. The second-order valence-electron chi connectivity index (χ2n) is 9.22. The Morgan fingerprint density at radius 3 is 2.21 bits per heavy atom. The second kappa shape index (κ2) is 9.77. The smallest absolute Gasteiger partial charge is 0.277 e. The number of rotatable bonds is 7. The van der Waals surface area contributed by atoms with E-state index in [1.165, 1.54) is 17.0 Å². The molecule has 33 heavy (non-hydrogen) atoms. The summed E-state index contributed by atoms with van der Waals surface area (Å²) in [6.07, 6.45) is 2.53. The van der Waals surface area contributed by atoms with Crippen molar-refractivity contribution in [1.29, 1.82) is 0 Å². The summed E-state index contributed by atoms with van der Waals surface area (Å²) in [7, 11) is 0. The lowest BCUT2D eigenvalue weighted by atomic mass is 9.97. The van der Waals surface area contributed by atoms with Crippen molar-refractivity contribution in [2.75, 3.05) is 19.6 Å². The third-order valence-corrected chi connectivity index (χ3v) is 6.30. The van der Waals surface area contributed by atoms with Crippen LogP contribution in [0.25, 0.3) is 5.57 Å². The van der Waals surface area contributed by atoms with Crippen molar-refractivity contribution in [3.05, 3.63) is 71.2 Å². The van der Waals surface area contributed by atoms with Crippen LogP contribution < -0.4 is 4.74 Å². The molecule has 0 aliphatic carbocycles. The van der Waals surface area contributed by atoms with E-state index in [0.717, 1.165) is 42.8 Å². The number of benzene rings is 2. The summed E-state index contributed by atoms with van der Waals surface area (Å²) in [5.41, 5.74) is 2.57. The maximum absolute atomic E-state index is 13.5.